The van der Waals surface area contributed by atoms with Crippen LogP contribution in [0.3, 0.4) is 0 Å². The summed E-state index contributed by atoms with van der Waals surface area (Å²) in [7, 11) is 0. The van der Waals surface area contributed by atoms with Gasteiger partial charge in [0, 0.05) is 0 Å². The lowest BCUT2D eigenvalue weighted by atomic mass is 9.89. The molecule has 0 saturated heterocycles. The molecule has 0 aliphatic heterocycles. The first-order valence-corrected chi connectivity index (χ1v) is 8.45. The van der Waals surface area contributed by atoms with E-state index in [9.17, 15) is 18.0 Å². The molecule has 0 bridgehead atoms. The summed E-state index contributed by atoms with van der Waals surface area (Å²) >= 11 is 0. The first kappa shape index (κ1) is 17.5. The van der Waals surface area contributed by atoms with E-state index < -0.39 is 17.6 Å². The van der Waals surface area contributed by atoms with Gasteiger partial charge >= 0.3 is 6.18 Å². The van der Waals surface area contributed by atoms with Gasteiger partial charge in [0.25, 0.3) is 5.91 Å². The molecular weight excluding hydrogens is 327 g/mol. The maximum Gasteiger partial charge on any atom is 0.417 e. The Kier molecular flexibility index (Phi) is 4.84. The SMILES string of the molecule is C[C@H](NC(=O)c1ccccc1C(F)(F)F)c1ccc2c(c1)CCCC2. The number of hydrogen-bond acceptors (Lipinski definition) is 1. The van der Waals surface area contributed by atoms with Crippen LogP contribution in [0.5, 0.6) is 0 Å². The third-order valence-electron chi connectivity index (χ3n) is 4.70. The Labute approximate surface area is 145 Å². The molecular formula is C20H20F3NO. The van der Waals surface area contributed by atoms with Crippen LogP contribution in [-0.4, -0.2) is 5.91 Å². The molecule has 1 amide bonds. The van der Waals surface area contributed by atoms with E-state index in [-0.39, 0.29) is 11.6 Å². The predicted octanol–water partition coefficient (Wildman–Crippen LogP) is 5.08. The number of benzene rings is 2. The van der Waals surface area contributed by atoms with E-state index in [0.717, 1.165) is 30.9 Å². The number of hydrogen-bond donors (Lipinski definition) is 1. The molecule has 0 heterocycles. The van der Waals surface area contributed by atoms with Crippen molar-refractivity contribution in [2.24, 2.45) is 0 Å². The summed E-state index contributed by atoms with van der Waals surface area (Å²) < 4.78 is 39.2. The summed E-state index contributed by atoms with van der Waals surface area (Å²) in [4.78, 5) is 12.4. The third-order valence-corrected chi connectivity index (χ3v) is 4.70. The number of nitrogens with one attached hydrogen (secondary N) is 1. The molecule has 0 saturated carbocycles. The van der Waals surface area contributed by atoms with Crippen LogP contribution >= 0.6 is 0 Å². The van der Waals surface area contributed by atoms with Crippen molar-refractivity contribution in [3.05, 3.63) is 70.3 Å². The summed E-state index contributed by atoms with van der Waals surface area (Å²) in [5, 5.41) is 2.69. The van der Waals surface area contributed by atoms with Crippen molar-refractivity contribution >= 4 is 5.91 Å². The minimum absolute atomic E-state index is 0.347. The molecule has 0 radical (unpaired) electrons. The minimum Gasteiger partial charge on any atom is -0.346 e. The zero-order valence-corrected chi connectivity index (χ0v) is 14.0. The molecule has 3 rings (SSSR count). The molecule has 1 atom stereocenters. The van der Waals surface area contributed by atoms with Crippen molar-refractivity contribution in [1.29, 1.82) is 0 Å². The zero-order chi connectivity index (χ0) is 18.0. The van der Waals surface area contributed by atoms with E-state index in [1.54, 1.807) is 6.92 Å². The lowest BCUT2D eigenvalue weighted by molar-refractivity contribution is -0.137. The predicted molar refractivity (Wildman–Crippen MR) is 90.4 cm³/mol. The Morgan fingerprint density at radius 3 is 2.44 bits per heavy atom. The molecule has 2 aromatic rings. The second-order valence-corrected chi connectivity index (χ2v) is 6.47. The number of amides is 1. The number of fused-ring (bicyclic) bond motifs is 1. The van der Waals surface area contributed by atoms with Gasteiger partial charge in [0.1, 0.15) is 0 Å². The molecule has 1 aliphatic rings. The van der Waals surface area contributed by atoms with Crippen molar-refractivity contribution in [1.82, 2.24) is 5.32 Å². The molecule has 0 fully saturated rings. The molecule has 132 valence electrons. The van der Waals surface area contributed by atoms with Gasteiger partial charge in [-0.15, -0.1) is 0 Å². The fourth-order valence-corrected chi connectivity index (χ4v) is 3.31. The maximum absolute atomic E-state index is 13.1. The molecule has 2 nitrogen and oxygen atoms in total. The number of aryl methyl sites for hydroxylation is 2. The van der Waals surface area contributed by atoms with Crippen LogP contribution in [-0.2, 0) is 19.0 Å². The van der Waals surface area contributed by atoms with E-state index in [0.29, 0.717) is 0 Å². The van der Waals surface area contributed by atoms with Crippen molar-refractivity contribution in [3.8, 4) is 0 Å². The highest BCUT2D eigenvalue weighted by molar-refractivity contribution is 5.96. The maximum atomic E-state index is 13.1. The second-order valence-electron chi connectivity index (χ2n) is 6.47. The summed E-state index contributed by atoms with van der Waals surface area (Å²) in [6, 6.07) is 10.6. The van der Waals surface area contributed by atoms with Crippen LogP contribution in [0.15, 0.2) is 42.5 Å². The van der Waals surface area contributed by atoms with Gasteiger partial charge in [-0.05, 0) is 61.4 Å². The molecule has 25 heavy (non-hydrogen) atoms. The molecule has 2 aromatic carbocycles. The Balaban J connectivity index is 1.80. The van der Waals surface area contributed by atoms with Crippen LogP contribution in [0.4, 0.5) is 13.2 Å². The Bertz CT molecular complexity index is 783. The summed E-state index contributed by atoms with van der Waals surface area (Å²) in [6.07, 6.45) is -0.137. The minimum atomic E-state index is -4.55. The smallest absolute Gasteiger partial charge is 0.346 e. The number of halogens is 3. The first-order chi connectivity index (χ1) is 11.9. The molecule has 1 aliphatic carbocycles. The van der Waals surface area contributed by atoms with Crippen LogP contribution < -0.4 is 5.32 Å². The van der Waals surface area contributed by atoms with Gasteiger partial charge in [0.15, 0.2) is 0 Å². The van der Waals surface area contributed by atoms with Crippen molar-refractivity contribution in [3.63, 3.8) is 0 Å². The number of carbonyl (C=O) groups is 1. The highest BCUT2D eigenvalue weighted by Crippen LogP contribution is 2.32. The fraction of sp³-hybridized carbons (Fsp3) is 0.350. The Hall–Kier alpha value is -2.30. The summed E-state index contributed by atoms with van der Waals surface area (Å²) in [5.41, 5.74) is 2.26. The fourth-order valence-electron chi connectivity index (χ4n) is 3.31. The molecule has 0 aromatic heterocycles. The van der Waals surface area contributed by atoms with Crippen LogP contribution in [0, 0.1) is 0 Å². The van der Waals surface area contributed by atoms with Gasteiger partial charge in [-0.3, -0.25) is 4.79 Å². The van der Waals surface area contributed by atoms with E-state index in [2.05, 4.69) is 17.4 Å². The standard InChI is InChI=1S/C20H20F3NO/c1-13(15-11-10-14-6-2-3-7-16(14)12-15)24-19(25)17-8-4-5-9-18(17)20(21,22)23/h4-5,8-13H,2-3,6-7H2,1H3,(H,24,25)/t13-/m0/s1. The highest BCUT2D eigenvalue weighted by atomic mass is 19.4. The average Bonchev–Trinajstić information content (AvgIpc) is 2.60. The highest BCUT2D eigenvalue weighted by Gasteiger charge is 2.35. The summed E-state index contributed by atoms with van der Waals surface area (Å²) in [5.74, 6) is -0.710. The van der Waals surface area contributed by atoms with Gasteiger partial charge in [0.05, 0.1) is 17.2 Å². The van der Waals surface area contributed by atoms with Crippen molar-refractivity contribution in [2.75, 3.05) is 0 Å². The third kappa shape index (κ3) is 3.86. The topological polar surface area (TPSA) is 29.1 Å². The lowest BCUT2D eigenvalue weighted by Crippen LogP contribution is -2.29. The zero-order valence-electron chi connectivity index (χ0n) is 14.0. The number of rotatable bonds is 3. The monoisotopic (exact) mass is 347 g/mol. The molecule has 1 N–H and O–H groups in total. The van der Waals surface area contributed by atoms with Crippen LogP contribution in [0.1, 0.15) is 58.4 Å². The van der Waals surface area contributed by atoms with Gasteiger partial charge in [-0.25, -0.2) is 0 Å². The Morgan fingerprint density at radius 1 is 1.04 bits per heavy atom. The second kappa shape index (κ2) is 6.90. The lowest BCUT2D eigenvalue weighted by Gasteiger charge is -2.20. The molecule has 0 spiro atoms. The van der Waals surface area contributed by atoms with Crippen LogP contribution in [0.2, 0.25) is 0 Å². The van der Waals surface area contributed by atoms with Crippen molar-refractivity contribution in [2.45, 2.75) is 44.8 Å². The van der Waals surface area contributed by atoms with E-state index >= 15 is 0 Å². The van der Waals surface area contributed by atoms with E-state index in [4.69, 9.17) is 0 Å². The van der Waals surface area contributed by atoms with E-state index in [1.165, 1.54) is 35.7 Å². The van der Waals surface area contributed by atoms with Gasteiger partial charge in [-0.1, -0.05) is 30.3 Å². The van der Waals surface area contributed by atoms with Crippen molar-refractivity contribution < 1.29 is 18.0 Å². The summed E-state index contributed by atoms with van der Waals surface area (Å²) in [6.45, 7) is 1.79. The van der Waals surface area contributed by atoms with Gasteiger partial charge in [0.2, 0.25) is 0 Å². The molecule has 0 unspecified atom stereocenters. The van der Waals surface area contributed by atoms with Gasteiger partial charge in [-0.2, -0.15) is 13.2 Å². The van der Waals surface area contributed by atoms with E-state index in [1.807, 2.05) is 6.07 Å². The van der Waals surface area contributed by atoms with Crippen LogP contribution in [0.25, 0.3) is 0 Å². The Morgan fingerprint density at radius 2 is 1.72 bits per heavy atom. The largest absolute Gasteiger partial charge is 0.417 e. The number of alkyl halides is 3. The molecule has 5 heteroatoms. The average molecular weight is 347 g/mol. The number of carbonyl (C=O) groups excluding carboxylic acids is 1. The quantitative estimate of drug-likeness (QED) is 0.825. The first-order valence-electron chi connectivity index (χ1n) is 8.45. The van der Waals surface area contributed by atoms with Gasteiger partial charge < -0.3 is 5.32 Å². The normalized spacial score (nSPS) is 15.4.